The fraction of sp³-hybridized carbons (Fsp3) is 0.333. The van der Waals surface area contributed by atoms with Crippen molar-refractivity contribution in [1.29, 1.82) is 0 Å². The molecule has 0 aromatic heterocycles. The van der Waals surface area contributed by atoms with Crippen LogP contribution in [-0.2, 0) is 32.6 Å². The van der Waals surface area contributed by atoms with Crippen LogP contribution in [0.5, 0.6) is 0 Å². The monoisotopic (exact) mass is 647 g/mol. The number of sulfonamides is 1. The van der Waals surface area contributed by atoms with E-state index in [0.717, 1.165) is 21.9 Å². The van der Waals surface area contributed by atoms with Gasteiger partial charge in [0, 0.05) is 42.0 Å². The number of carbonyl (C=O) groups excluding carboxylic acids is 2. The summed E-state index contributed by atoms with van der Waals surface area (Å²) in [5.41, 5.74) is 2.94. The maximum Gasteiger partial charge on any atom is 0.243 e. The number of nitrogens with one attached hydrogen (secondary N) is 1. The highest BCUT2D eigenvalue weighted by Crippen LogP contribution is 2.28. The van der Waals surface area contributed by atoms with Crippen molar-refractivity contribution in [2.45, 2.75) is 45.7 Å². The predicted molar refractivity (Wildman–Crippen MR) is 165 cm³/mol. The molecule has 40 heavy (non-hydrogen) atoms. The Hall–Kier alpha value is -2.88. The first kappa shape index (κ1) is 31.6. The van der Waals surface area contributed by atoms with Gasteiger partial charge < -0.3 is 10.2 Å². The summed E-state index contributed by atoms with van der Waals surface area (Å²) in [6.45, 7) is 4.37. The molecule has 0 fully saturated rings. The van der Waals surface area contributed by atoms with Gasteiger partial charge in [-0.25, -0.2) is 8.42 Å². The molecule has 0 bridgehead atoms. The van der Waals surface area contributed by atoms with E-state index in [1.807, 2.05) is 61.5 Å². The zero-order valence-corrected chi connectivity index (χ0v) is 26.1. The normalized spacial score (nSPS) is 12.0. The molecule has 0 radical (unpaired) electrons. The first-order chi connectivity index (χ1) is 19.0. The van der Waals surface area contributed by atoms with Crippen LogP contribution in [0.4, 0.5) is 5.69 Å². The zero-order valence-electron chi connectivity index (χ0n) is 22.9. The first-order valence-electron chi connectivity index (χ1n) is 13.1. The van der Waals surface area contributed by atoms with Crippen LogP contribution < -0.4 is 9.62 Å². The van der Waals surface area contributed by atoms with Crippen molar-refractivity contribution >= 4 is 55.1 Å². The van der Waals surface area contributed by atoms with Gasteiger partial charge in [-0.1, -0.05) is 76.1 Å². The van der Waals surface area contributed by atoms with Crippen LogP contribution in [0.25, 0.3) is 0 Å². The average Bonchev–Trinajstić information content (AvgIpc) is 2.90. The van der Waals surface area contributed by atoms with Crippen molar-refractivity contribution < 1.29 is 18.0 Å². The number of carbonyl (C=O) groups is 2. The number of benzene rings is 3. The maximum absolute atomic E-state index is 13.8. The molecule has 1 atom stereocenters. The van der Waals surface area contributed by atoms with Crippen LogP contribution in [0.2, 0.25) is 5.02 Å². The number of amides is 2. The van der Waals surface area contributed by atoms with Crippen LogP contribution in [0.15, 0.2) is 77.3 Å². The van der Waals surface area contributed by atoms with Gasteiger partial charge in [0.2, 0.25) is 21.8 Å². The topological polar surface area (TPSA) is 86.8 Å². The van der Waals surface area contributed by atoms with Gasteiger partial charge in [0.15, 0.2) is 0 Å². The van der Waals surface area contributed by atoms with E-state index in [9.17, 15) is 18.0 Å². The number of hydrogen-bond donors (Lipinski definition) is 1. The van der Waals surface area contributed by atoms with E-state index in [2.05, 4.69) is 21.2 Å². The molecule has 0 unspecified atom stereocenters. The van der Waals surface area contributed by atoms with Gasteiger partial charge in [-0.05, 0) is 61.2 Å². The summed E-state index contributed by atoms with van der Waals surface area (Å²) in [5.74, 6) is -0.467. The van der Waals surface area contributed by atoms with Gasteiger partial charge in [0.1, 0.15) is 6.04 Å². The second kappa shape index (κ2) is 14.7. The molecule has 0 aliphatic heterocycles. The SMILES string of the molecule is CCNC(=O)[C@H](Cc1ccccc1)N(Cc1cccc(Br)c1)C(=O)CCCN(c1cccc(Cl)c1C)S(C)(=O)=O. The lowest BCUT2D eigenvalue weighted by molar-refractivity contribution is -0.141. The fourth-order valence-corrected chi connectivity index (χ4v) is 6.16. The van der Waals surface area contributed by atoms with Gasteiger partial charge in [-0.2, -0.15) is 0 Å². The quantitative estimate of drug-likeness (QED) is 0.256. The maximum atomic E-state index is 13.8. The number of likely N-dealkylation sites (N-methyl/N-ethyl adjacent to an activating group) is 1. The highest BCUT2D eigenvalue weighted by Gasteiger charge is 2.30. The van der Waals surface area contributed by atoms with E-state index in [4.69, 9.17) is 11.6 Å². The van der Waals surface area contributed by atoms with Crippen molar-refractivity contribution in [2.24, 2.45) is 0 Å². The zero-order chi connectivity index (χ0) is 29.3. The Morgan fingerprint density at radius 1 is 1.00 bits per heavy atom. The van der Waals surface area contributed by atoms with Crippen LogP contribution in [0.1, 0.15) is 36.5 Å². The molecule has 7 nitrogen and oxygen atoms in total. The standard InChI is InChI=1S/C30H35BrClN3O4S/c1-4-33-30(37)28(20-23-11-6-5-7-12-23)34(21-24-13-8-14-25(31)19-24)29(36)17-10-18-35(40(3,38)39)27-16-9-15-26(32)22(27)2/h5-9,11-16,19,28H,4,10,17-18,20-21H2,1-3H3,(H,33,37)/t28-/m0/s1. The van der Waals surface area contributed by atoms with Gasteiger partial charge in [0.05, 0.1) is 11.9 Å². The van der Waals surface area contributed by atoms with Gasteiger partial charge in [0.25, 0.3) is 0 Å². The molecule has 0 spiro atoms. The third-order valence-electron chi connectivity index (χ3n) is 6.52. The third kappa shape index (κ3) is 8.81. The highest BCUT2D eigenvalue weighted by molar-refractivity contribution is 9.10. The van der Waals surface area contributed by atoms with Crippen LogP contribution in [0, 0.1) is 6.92 Å². The predicted octanol–water partition coefficient (Wildman–Crippen LogP) is 5.73. The fourth-order valence-electron chi connectivity index (χ4n) is 4.53. The lowest BCUT2D eigenvalue weighted by Crippen LogP contribution is -2.50. The largest absolute Gasteiger partial charge is 0.355 e. The summed E-state index contributed by atoms with van der Waals surface area (Å²) in [5, 5.41) is 3.35. The third-order valence-corrected chi connectivity index (χ3v) is 8.61. The molecule has 2 amide bonds. The summed E-state index contributed by atoms with van der Waals surface area (Å²) >= 11 is 9.74. The lowest BCUT2D eigenvalue weighted by atomic mass is 10.0. The Morgan fingerprint density at radius 3 is 2.33 bits per heavy atom. The Labute approximate surface area is 250 Å². The number of anilines is 1. The summed E-state index contributed by atoms with van der Waals surface area (Å²) in [7, 11) is -3.63. The molecule has 0 heterocycles. The number of nitrogens with zero attached hydrogens (tertiary/aromatic N) is 2. The Balaban J connectivity index is 1.88. The Morgan fingerprint density at radius 2 is 1.68 bits per heavy atom. The van der Waals surface area contributed by atoms with E-state index < -0.39 is 16.1 Å². The lowest BCUT2D eigenvalue weighted by Gasteiger charge is -2.32. The number of rotatable bonds is 13. The molecular formula is C30H35BrClN3O4S. The second-order valence-corrected chi connectivity index (χ2v) is 12.8. The van der Waals surface area contributed by atoms with Crippen molar-refractivity contribution in [2.75, 3.05) is 23.7 Å². The summed E-state index contributed by atoms with van der Waals surface area (Å²) in [4.78, 5) is 28.7. The van der Waals surface area contributed by atoms with E-state index in [0.29, 0.717) is 29.2 Å². The molecule has 3 rings (SSSR count). The van der Waals surface area contributed by atoms with Gasteiger partial charge in [-0.15, -0.1) is 0 Å². The molecule has 0 aliphatic rings. The minimum absolute atomic E-state index is 0.0599. The molecule has 3 aromatic carbocycles. The van der Waals surface area contributed by atoms with E-state index >= 15 is 0 Å². The van der Waals surface area contributed by atoms with E-state index in [1.165, 1.54) is 4.31 Å². The minimum atomic E-state index is -3.63. The summed E-state index contributed by atoms with van der Waals surface area (Å²) in [6.07, 6.45) is 1.81. The molecule has 0 saturated carbocycles. The van der Waals surface area contributed by atoms with E-state index in [-0.39, 0.29) is 37.7 Å². The smallest absolute Gasteiger partial charge is 0.243 e. The van der Waals surface area contributed by atoms with Crippen molar-refractivity contribution in [3.8, 4) is 0 Å². The van der Waals surface area contributed by atoms with Gasteiger partial charge >= 0.3 is 0 Å². The van der Waals surface area contributed by atoms with Crippen LogP contribution >= 0.6 is 27.5 Å². The first-order valence-corrected chi connectivity index (χ1v) is 16.1. The highest BCUT2D eigenvalue weighted by atomic mass is 79.9. The average molecular weight is 649 g/mol. The minimum Gasteiger partial charge on any atom is -0.355 e. The van der Waals surface area contributed by atoms with E-state index in [1.54, 1.807) is 30.0 Å². The molecule has 10 heteroatoms. The van der Waals surface area contributed by atoms with Crippen LogP contribution in [-0.4, -0.2) is 50.5 Å². The molecule has 0 aliphatic carbocycles. The second-order valence-electron chi connectivity index (χ2n) is 9.57. The summed E-state index contributed by atoms with van der Waals surface area (Å²) in [6, 6.07) is 21.6. The molecular weight excluding hydrogens is 614 g/mol. The number of halogens is 2. The molecule has 0 saturated heterocycles. The van der Waals surface area contributed by atoms with Crippen molar-refractivity contribution in [3.63, 3.8) is 0 Å². The van der Waals surface area contributed by atoms with Gasteiger partial charge in [-0.3, -0.25) is 13.9 Å². The van der Waals surface area contributed by atoms with Crippen molar-refractivity contribution in [1.82, 2.24) is 10.2 Å². The molecule has 1 N–H and O–H groups in total. The number of hydrogen-bond acceptors (Lipinski definition) is 4. The molecule has 3 aromatic rings. The Kier molecular flexibility index (Phi) is 11.6. The summed E-state index contributed by atoms with van der Waals surface area (Å²) < 4.78 is 27.5. The van der Waals surface area contributed by atoms with Crippen LogP contribution in [0.3, 0.4) is 0 Å². The Bertz CT molecular complexity index is 1420. The molecule has 214 valence electrons. The van der Waals surface area contributed by atoms with Crippen molar-refractivity contribution in [3.05, 3.63) is 99.0 Å².